The topological polar surface area (TPSA) is 100 Å². The second kappa shape index (κ2) is 5.95. The van der Waals surface area contributed by atoms with Crippen molar-refractivity contribution in [1.29, 1.82) is 0 Å². The molecule has 9 nitrogen and oxygen atoms in total. The van der Waals surface area contributed by atoms with Crippen molar-refractivity contribution in [3.8, 4) is 0 Å². The third kappa shape index (κ3) is 2.26. The number of nitrogens with zero attached hydrogens (tertiary/aromatic N) is 7. The van der Waals surface area contributed by atoms with Gasteiger partial charge in [0.25, 0.3) is 11.8 Å². The normalized spacial score (nSPS) is 11.3. The monoisotopic (exact) mass is 371 g/mol. The Morgan fingerprint density at radius 3 is 1.57 bits per heavy atom. The SMILES string of the molecule is Cn1c(C(=O)n2nnc3ccccc32)ccc1C(=O)n1nnc2ccccc21. The number of hydrogen-bond acceptors (Lipinski definition) is 6. The lowest BCUT2D eigenvalue weighted by atomic mass is 10.3. The fourth-order valence-corrected chi connectivity index (χ4v) is 3.20. The first-order chi connectivity index (χ1) is 13.6. The van der Waals surface area contributed by atoms with Gasteiger partial charge in [-0.3, -0.25) is 9.59 Å². The van der Waals surface area contributed by atoms with Gasteiger partial charge in [-0.25, -0.2) is 0 Å². The molecule has 0 aliphatic carbocycles. The van der Waals surface area contributed by atoms with Crippen molar-refractivity contribution in [2.75, 3.05) is 0 Å². The molecular formula is C19H13N7O2. The molecule has 0 saturated carbocycles. The molecule has 0 spiro atoms. The van der Waals surface area contributed by atoms with Crippen LogP contribution in [0.1, 0.15) is 21.0 Å². The zero-order valence-electron chi connectivity index (χ0n) is 14.7. The van der Waals surface area contributed by atoms with Crippen LogP contribution in [0.2, 0.25) is 0 Å². The van der Waals surface area contributed by atoms with Gasteiger partial charge < -0.3 is 4.57 Å². The molecule has 0 atom stereocenters. The van der Waals surface area contributed by atoms with E-state index in [0.29, 0.717) is 33.5 Å². The van der Waals surface area contributed by atoms with E-state index in [4.69, 9.17) is 0 Å². The fraction of sp³-hybridized carbons (Fsp3) is 0.0526. The summed E-state index contributed by atoms with van der Waals surface area (Å²) in [7, 11) is 1.65. The lowest BCUT2D eigenvalue weighted by Crippen LogP contribution is -2.21. The van der Waals surface area contributed by atoms with Crippen LogP contribution in [-0.2, 0) is 7.05 Å². The van der Waals surface area contributed by atoms with Crippen molar-refractivity contribution in [1.82, 2.24) is 34.6 Å². The highest BCUT2D eigenvalue weighted by atomic mass is 16.2. The highest BCUT2D eigenvalue weighted by molar-refractivity contribution is 6.03. The lowest BCUT2D eigenvalue weighted by Gasteiger charge is -2.07. The van der Waals surface area contributed by atoms with Crippen LogP contribution in [-0.4, -0.2) is 46.4 Å². The first-order valence-electron chi connectivity index (χ1n) is 8.51. The van der Waals surface area contributed by atoms with Crippen LogP contribution in [0.3, 0.4) is 0 Å². The largest absolute Gasteiger partial charge is 0.336 e. The van der Waals surface area contributed by atoms with Gasteiger partial charge in [0, 0.05) is 7.05 Å². The summed E-state index contributed by atoms with van der Waals surface area (Å²) in [5, 5.41) is 15.9. The number of hydrogen-bond donors (Lipinski definition) is 0. The fourth-order valence-electron chi connectivity index (χ4n) is 3.20. The average Bonchev–Trinajstić information content (AvgIpc) is 3.43. The molecule has 5 rings (SSSR count). The lowest BCUT2D eigenvalue weighted by molar-refractivity contribution is 0.0934. The number of carbonyl (C=O) groups excluding carboxylic acids is 2. The molecule has 0 aliphatic heterocycles. The van der Waals surface area contributed by atoms with Crippen LogP contribution in [0.25, 0.3) is 22.1 Å². The van der Waals surface area contributed by atoms with Crippen molar-refractivity contribution in [2.45, 2.75) is 0 Å². The molecule has 5 aromatic rings. The Labute approximate surface area is 157 Å². The van der Waals surface area contributed by atoms with Gasteiger partial charge in [-0.1, -0.05) is 34.7 Å². The van der Waals surface area contributed by atoms with Crippen LogP contribution in [0.4, 0.5) is 0 Å². The Bertz CT molecular complexity index is 1270. The van der Waals surface area contributed by atoms with Crippen LogP contribution in [0, 0.1) is 0 Å². The summed E-state index contributed by atoms with van der Waals surface area (Å²) in [4.78, 5) is 25.9. The Hall–Kier alpha value is -4.14. The highest BCUT2D eigenvalue weighted by Gasteiger charge is 2.23. The molecule has 2 aromatic carbocycles. The molecule has 0 N–H and O–H groups in total. The van der Waals surface area contributed by atoms with Crippen molar-refractivity contribution < 1.29 is 9.59 Å². The van der Waals surface area contributed by atoms with E-state index in [1.807, 2.05) is 24.3 Å². The number of rotatable bonds is 2. The van der Waals surface area contributed by atoms with Gasteiger partial charge >= 0.3 is 0 Å². The van der Waals surface area contributed by atoms with E-state index in [1.165, 1.54) is 13.9 Å². The molecule has 0 fully saturated rings. The van der Waals surface area contributed by atoms with E-state index in [1.54, 1.807) is 43.4 Å². The van der Waals surface area contributed by atoms with Crippen molar-refractivity contribution in [3.63, 3.8) is 0 Å². The Morgan fingerprint density at radius 1 is 0.679 bits per heavy atom. The van der Waals surface area contributed by atoms with E-state index >= 15 is 0 Å². The van der Waals surface area contributed by atoms with Crippen LogP contribution in [0.5, 0.6) is 0 Å². The second-order valence-corrected chi connectivity index (χ2v) is 6.25. The van der Waals surface area contributed by atoms with E-state index in [-0.39, 0.29) is 11.8 Å². The average molecular weight is 371 g/mol. The van der Waals surface area contributed by atoms with Crippen molar-refractivity contribution in [3.05, 3.63) is 72.1 Å². The Morgan fingerprint density at radius 2 is 1.11 bits per heavy atom. The third-order valence-corrected chi connectivity index (χ3v) is 4.65. The Kier molecular flexibility index (Phi) is 3.41. The molecular weight excluding hydrogens is 358 g/mol. The minimum Gasteiger partial charge on any atom is -0.336 e. The summed E-state index contributed by atoms with van der Waals surface area (Å²) in [6.45, 7) is 0. The first-order valence-corrected chi connectivity index (χ1v) is 8.51. The predicted octanol–water partition coefficient (Wildman–Crippen LogP) is 1.89. The van der Waals surface area contributed by atoms with Crippen LogP contribution in [0.15, 0.2) is 60.7 Å². The summed E-state index contributed by atoms with van der Waals surface area (Å²) >= 11 is 0. The van der Waals surface area contributed by atoms with Gasteiger partial charge in [0.05, 0.1) is 11.0 Å². The maximum absolute atomic E-state index is 13.0. The van der Waals surface area contributed by atoms with Gasteiger partial charge in [0.2, 0.25) is 0 Å². The molecule has 0 saturated heterocycles. The van der Waals surface area contributed by atoms with Gasteiger partial charge in [0.1, 0.15) is 22.4 Å². The quantitative estimate of drug-likeness (QED) is 0.470. The van der Waals surface area contributed by atoms with Crippen molar-refractivity contribution >= 4 is 33.9 Å². The summed E-state index contributed by atoms with van der Waals surface area (Å²) in [6.07, 6.45) is 0. The number of aromatic nitrogens is 7. The molecule has 0 bridgehead atoms. The zero-order chi connectivity index (χ0) is 19.3. The molecule has 0 unspecified atom stereocenters. The van der Waals surface area contributed by atoms with Gasteiger partial charge in [-0.2, -0.15) is 9.36 Å². The smallest absolute Gasteiger partial charge is 0.296 e. The summed E-state index contributed by atoms with van der Waals surface area (Å²) in [5.74, 6) is -0.752. The molecule has 3 aromatic heterocycles. The van der Waals surface area contributed by atoms with Crippen LogP contribution < -0.4 is 0 Å². The van der Waals surface area contributed by atoms with E-state index in [9.17, 15) is 9.59 Å². The molecule has 9 heteroatoms. The molecule has 28 heavy (non-hydrogen) atoms. The minimum absolute atomic E-state index is 0.309. The molecule has 0 aliphatic rings. The number of benzene rings is 2. The first kappa shape index (κ1) is 16.1. The Balaban J connectivity index is 1.56. The second-order valence-electron chi connectivity index (χ2n) is 6.25. The molecule has 0 amide bonds. The van der Waals surface area contributed by atoms with E-state index < -0.39 is 0 Å². The summed E-state index contributed by atoms with van der Waals surface area (Å²) in [6, 6.07) is 17.5. The van der Waals surface area contributed by atoms with Crippen LogP contribution >= 0.6 is 0 Å². The molecule has 3 heterocycles. The summed E-state index contributed by atoms with van der Waals surface area (Å²) < 4.78 is 3.98. The molecule has 136 valence electrons. The minimum atomic E-state index is -0.376. The van der Waals surface area contributed by atoms with Gasteiger partial charge in [-0.05, 0) is 36.4 Å². The molecule has 0 radical (unpaired) electrons. The van der Waals surface area contributed by atoms with E-state index in [0.717, 1.165) is 0 Å². The van der Waals surface area contributed by atoms with Gasteiger partial charge in [0.15, 0.2) is 0 Å². The predicted molar refractivity (Wildman–Crippen MR) is 99.9 cm³/mol. The zero-order valence-corrected chi connectivity index (χ0v) is 14.7. The standard InChI is InChI=1S/C19H13N7O2/c1-24-16(18(27)25-14-8-4-2-6-12(14)20-22-25)10-11-17(24)19(28)26-15-9-5-3-7-13(15)21-23-26/h2-11H,1H3. The van der Waals surface area contributed by atoms with Gasteiger partial charge in [-0.15, -0.1) is 10.2 Å². The van der Waals surface area contributed by atoms with E-state index in [2.05, 4.69) is 20.6 Å². The highest BCUT2D eigenvalue weighted by Crippen LogP contribution is 2.17. The number of fused-ring (bicyclic) bond motifs is 2. The number of para-hydroxylation sites is 2. The van der Waals surface area contributed by atoms with Crippen molar-refractivity contribution in [2.24, 2.45) is 7.05 Å². The third-order valence-electron chi connectivity index (χ3n) is 4.65. The maximum Gasteiger partial charge on any atom is 0.296 e. The maximum atomic E-state index is 13.0. The number of carbonyl (C=O) groups is 2. The summed E-state index contributed by atoms with van der Waals surface area (Å²) in [5.41, 5.74) is 3.06.